The SMILES string of the molecule is O=C(Cn1cnc(-c2ccc3c(c2)OCO3)cc1=O)NCCn1ncccc1=O. The zero-order valence-corrected chi connectivity index (χ0v) is 15.3. The van der Waals surface area contributed by atoms with Gasteiger partial charge in [0.15, 0.2) is 11.5 Å². The van der Waals surface area contributed by atoms with E-state index in [0.717, 1.165) is 0 Å². The molecule has 1 aliphatic rings. The zero-order chi connectivity index (χ0) is 20.2. The van der Waals surface area contributed by atoms with E-state index in [4.69, 9.17) is 9.47 Å². The van der Waals surface area contributed by atoms with Crippen LogP contribution in [0.1, 0.15) is 0 Å². The molecule has 0 aliphatic carbocycles. The van der Waals surface area contributed by atoms with Crippen molar-refractivity contribution in [2.45, 2.75) is 13.1 Å². The normalized spacial score (nSPS) is 12.0. The lowest BCUT2D eigenvalue weighted by molar-refractivity contribution is -0.121. The van der Waals surface area contributed by atoms with Crippen LogP contribution in [0.25, 0.3) is 11.3 Å². The Kier molecular flexibility index (Phi) is 5.06. The van der Waals surface area contributed by atoms with E-state index in [0.29, 0.717) is 22.8 Å². The summed E-state index contributed by atoms with van der Waals surface area (Å²) < 4.78 is 13.1. The van der Waals surface area contributed by atoms with Crippen molar-refractivity contribution >= 4 is 5.91 Å². The maximum atomic E-state index is 12.4. The highest BCUT2D eigenvalue weighted by Gasteiger charge is 2.15. The van der Waals surface area contributed by atoms with Crippen LogP contribution in [0.4, 0.5) is 0 Å². The summed E-state index contributed by atoms with van der Waals surface area (Å²) in [4.78, 5) is 40.3. The number of aromatic nitrogens is 4. The topological polar surface area (TPSA) is 117 Å². The largest absolute Gasteiger partial charge is 0.454 e. The number of carbonyl (C=O) groups excluding carboxylic acids is 1. The average molecular weight is 395 g/mol. The van der Waals surface area contributed by atoms with Crippen molar-refractivity contribution in [1.82, 2.24) is 24.6 Å². The van der Waals surface area contributed by atoms with Crippen LogP contribution < -0.4 is 25.9 Å². The molecular formula is C19H17N5O5. The molecule has 3 aromatic rings. The van der Waals surface area contributed by atoms with E-state index in [1.807, 2.05) is 0 Å². The summed E-state index contributed by atoms with van der Waals surface area (Å²) >= 11 is 0. The van der Waals surface area contributed by atoms with E-state index in [-0.39, 0.29) is 43.5 Å². The van der Waals surface area contributed by atoms with Gasteiger partial charge in [0.1, 0.15) is 6.54 Å². The number of amides is 1. The monoisotopic (exact) mass is 395 g/mol. The fraction of sp³-hybridized carbons (Fsp3) is 0.211. The van der Waals surface area contributed by atoms with Gasteiger partial charge < -0.3 is 14.8 Å². The molecule has 0 atom stereocenters. The first-order chi connectivity index (χ1) is 14.1. The maximum Gasteiger partial charge on any atom is 0.266 e. The molecule has 0 spiro atoms. The van der Waals surface area contributed by atoms with Gasteiger partial charge >= 0.3 is 0 Å². The smallest absolute Gasteiger partial charge is 0.266 e. The van der Waals surface area contributed by atoms with Crippen LogP contribution in [-0.4, -0.2) is 38.6 Å². The van der Waals surface area contributed by atoms with Crippen LogP contribution in [-0.2, 0) is 17.9 Å². The van der Waals surface area contributed by atoms with E-state index in [1.54, 1.807) is 24.3 Å². The van der Waals surface area contributed by atoms with Gasteiger partial charge in [-0.15, -0.1) is 0 Å². The molecule has 0 bridgehead atoms. The standard InChI is InChI=1S/C19H17N5O5/c25-17(20-6-7-24-18(26)2-1-5-22-24)10-23-11-21-14(9-19(23)27)13-3-4-15-16(8-13)29-12-28-15/h1-5,8-9,11H,6-7,10,12H2,(H,20,25). The maximum absolute atomic E-state index is 12.4. The minimum absolute atomic E-state index is 0.165. The van der Waals surface area contributed by atoms with Crippen LogP contribution in [0, 0.1) is 0 Å². The molecule has 3 heterocycles. The van der Waals surface area contributed by atoms with Crippen LogP contribution in [0.5, 0.6) is 11.5 Å². The molecule has 2 aromatic heterocycles. The van der Waals surface area contributed by atoms with Crippen LogP contribution in [0.15, 0.2) is 58.5 Å². The van der Waals surface area contributed by atoms with Gasteiger partial charge in [-0.1, -0.05) is 0 Å². The van der Waals surface area contributed by atoms with Gasteiger partial charge in [0.25, 0.3) is 11.1 Å². The number of nitrogens with one attached hydrogen (secondary N) is 1. The highest BCUT2D eigenvalue weighted by Crippen LogP contribution is 2.35. The number of rotatable bonds is 6. The first kappa shape index (κ1) is 18.4. The Morgan fingerprint density at radius 1 is 1.10 bits per heavy atom. The molecule has 0 radical (unpaired) electrons. The van der Waals surface area contributed by atoms with Gasteiger partial charge in [-0.2, -0.15) is 5.10 Å². The van der Waals surface area contributed by atoms with Gasteiger partial charge in [-0.05, 0) is 24.3 Å². The van der Waals surface area contributed by atoms with E-state index in [1.165, 1.54) is 33.9 Å². The number of ether oxygens (including phenoxy) is 2. The van der Waals surface area contributed by atoms with Crippen molar-refractivity contribution in [3.63, 3.8) is 0 Å². The Morgan fingerprint density at radius 3 is 2.79 bits per heavy atom. The molecule has 1 aromatic carbocycles. The van der Waals surface area contributed by atoms with Gasteiger partial charge in [-0.3, -0.25) is 19.0 Å². The lowest BCUT2D eigenvalue weighted by atomic mass is 10.1. The lowest BCUT2D eigenvalue weighted by Crippen LogP contribution is -2.35. The van der Waals surface area contributed by atoms with Crippen LogP contribution in [0.3, 0.4) is 0 Å². The second-order valence-corrected chi connectivity index (χ2v) is 6.24. The molecule has 4 rings (SSSR count). The fourth-order valence-corrected chi connectivity index (χ4v) is 2.83. The average Bonchev–Trinajstić information content (AvgIpc) is 3.19. The minimum Gasteiger partial charge on any atom is -0.454 e. The van der Waals surface area contributed by atoms with Crippen LogP contribution >= 0.6 is 0 Å². The molecule has 0 saturated carbocycles. The Hall–Kier alpha value is -3.95. The second kappa shape index (κ2) is 7.97. The zero-order valence-electron chi connectivity index (χ0n) is 15.3. The van der Waals surface area contributed by atoms with Gasteiger partial charge in [0, 0.05) is 30.4 Å². The number of hydrogen-bond donors (Lipinski definition) is 1. The van der Waals surface area contributed by atoms with Crippen molar-refractivity contribution in [1.29, 1.82) is 0 Å². The number of benzene rings is 1. The molecule has 1 aliphatic heterocycles. The summed E-state index contributed by atoms with van der Waals surface area (Å²) in [5.41, 5.74) is 0.577. The Morgan fingerprint density at radius 2 is 1.97 bits per heavy atom. The van der Waals surface area contributed by atoms with Crippen molar-refractivity contribution in [2.75, 3.05) is 13.3 Å². The van der Waals surface area contributed by atoms with Crippen LogP contribution in [0.2, 0.25) is 0 Å². The third-order valence-electron chi connectivity index (χ3n) is 4.29. The number of hydrogen-bond acceptors (Lipinski definition) is 7. The predicted octanol–water partition coefficient (Wildman–Crippen LogP) is 0.0121. The van der Waals surface area contributed by atoms with Crippen molar-refractivity contribution in [3.8, 4) is 22.8 Å². The molecule has 29 heavy (non-hydrogen) atoms. The molecule has 10 nitrogen and oxygen atoms in total. The summed E-state index contributed by atoms with van der Waals surface area (Å²) in [6, 6.07) is 9.59. The highest BCUT2D eigenvalue weighted by molar-refractivity contribution is 5.75. The molecular weight excluding hydrogens is 378 g/mol. The second-order valence-electron chi connectivity index (χ2n) is 6.24. The Balaban J connectivity index is 1.38. The molecule has 0 unspecified atom stereocenters. The summed E-state index contributed by atoms with van der Waals surface area (Å²) in [6.07, 6.45) is 2.82. The highest BCUT2D eigenvalue weighted by atomic mass is 16.7. The van der Waals surface area contributed by atoms with Gasteiger partial charge in [-0.25, -0.2) is 9.67 Å². The molecule has 0 fully saturated rings. The Bertz CT molecular complexity index is 1170. The summed E-state index contributed by atoms with van der Waals surface area (Å²) in [6.45, 7) is 0.442. The van der Waals surface area contributed by atoms with E-state index in [2.05, 4.69) is 15.4 Å². The van der Waals surface area contributed by atoms with E-state index in [9.17, 15) is 14.4 Å². The third kappa shape index (κ3) is 4.15. The minimum atomic E-state index is -0.367. The van der Waals surface area contributed by atoms with Crippen molar-refractivity contribution < 1.29 is 14.3 Å². The molecule has 10 heteroatoms. The number of fused-ring (bicyclic) bond motifs is 1. The summed E-state index contributed by atoms with van der Waals surface area (Å²) in [5, 5.41) is 6.56. The number of nitrogens with zero attached hydrogens (tertiary/aromatic N) is 4. The summed E-state index contributed by atoms with van der Waals surface area (Å²) in [7, 11) is 0. The molecule has 148 valence electrons. The fourth-order valence-electron chi connectivity index (χ4n) is 2.83. The number of carbonyl (C=O) groups is 1. The van der Waals surface area contributed by atoms with Crippen molar-refractivity contribution in [2.24, 2.45) is 0 Å². The summed E-state index contributed by atoms with van der Waals surface area (Å²) in [5.74, 6) is 0.875. The first-order valence-corrected chi connectivity index (χ1v) is 8.85. The molecule has 1 N–H and O–H groups in total. The van der Waals surface area contributed by atoms with Gasteiger partial charge in [0.2, 0.25) is 12.7 Å². The van der Waals surface area contributed by atoms with E-state index < -0.39 is 0 Å². The Labute approximate surface area is 164 Å². The van der Waals surface area contributed by atoms with Gasteiger partial charge in [0.05, 0.1) is 18.6 Å². The molecule has 0 saturated heterocycles. The van der Waals surface area contributed by atoms with Crippen molar-refractivity contribution in [3.05, 3.63) is 69.6 Å². The van der Waals surface area contributed by atoms with E-state index >= 15 is 0 Å². The first-order valence-electron chi connectivity index (χ1n) is 8.85. The quantitative estimate of drug-likeness (QED) is 0.625. The molecule has 1 amide bonds. The lowest BCUT2D eigenvalue weighted by Gasteiger charge is -2.09. The third-order valence-corrected chi connectivity index (χ3v) is 4.29. The predicted molar refractivity (Wildman–Crippen MR) is 102 cm³/mol.